The minimum Gasteiger partial charge on any atom is -0.481 e. The van der Waals surface area contributed by atoms with E-state index in [2.05, 4.69) is 44.4 Å². The summed E-state index contributed by atoms with van der Waals surface area (Å²) >= 11 is 0. The molecular weight excluding hydrogens is 618 g/mol. The molecule has 49 heavy (non-hydrogen) atoms. The molecular formula is C38H47N7O4. The van der Waals surface area contributed by atoms with Gasteiger partial charge < -0.3 is 29.9 Å². The summed E-state index contributed by atoms with van der Waals surface area (Å²) in [4.78, 5) is 38.4. The molecule has 0 saturated carbocycles. The van der Waals surface area contributed by atoms with E-state index in [9.17, 15) is 9.59 Å². The zero-order valence-corrected chi connectivity index (χ0v) is 29.4. The van der Waals surface area contributed by atoms with E-state index >= 15 is 0 Å². The van der Waals surface area contributed by atoms with Crippen LogP contribution in [0.4, 0.5) is 16.3 Å². The van der Waals surface area contributed by atoms with Crippen LogP contribution >= 0.6 is 0 Å². The van der Waals surface area contributed by atoms with Gasteiger partial charge in [0.25, 0.3) is 5.91 Å². The van der Waals surface area contributed by atoms with E-state index in [1.54, 1.807) is 6.20 Å². The van der Waals surface area contributed by atoms with Gasteiger partial charge in [0.1, 0.15) is 18.0 Å². The van der Waals surface area contributed by atoms with E-state index in [0.29, 0.717) is 28.7 Å². The van der Waals surface area contributed by atoms with Gasteiger partial charge in [-0.15, -0.1) is 0 Å². The number of ether oxygens (including phenoxy) is 2. The molecule has 0 unspecified atom stereocenters. The summed E-state index contributed by atoms with van der Waals surface area (Å²) in [5.41, 5.74) is 4.44. The third-order valence-corrected chi connectivity index (χ3v) is 8.51. The molecule has 0 aliphatic carbocycles. The van der Waals surface area contributed by atoms with Crippen LogP contribution in [0, 0.1) is 24.7 Å². The quantitative estimate of drug-likeness (QED) is 0.194. The maximum Gasteiger partial charge on any atom is 0.408 e. The summed E-state index contributed by atoms with van der Waals surface area (Å²) in [5.74, 6) is 7.76. The van der Waals surface area contributed by atoms with Gasteiger partial charge in [-0.05, 0) is 121 Å². The van der Waals surface area contributed by atoms with Crippen LogP contribution in [0.15, 0.2) is 61.1 Å². The first-order valence-corrected chi connectivity index (χ1v) is 16.8. The van der Waals surface area contributed by atoms with Crippen molar-refractivity contribution in [3.05, 3.63) is 72.2 Å². The number of carbonyl (C=O) groups is 2. The number of benzene rings is 2. The number of likely N-dealkylation sites (tertiary alicyclic amines) is 1. The number of hydrogen-bond donors (Lipinski definition) is 2. The Morgan fingerprint density at radius 2 is 1.82 bits per heavy atom. The standard InChI is InChI=1S/C38H47N7O4/c1-27-25-30(11-14-32(27)36(46)44(6)22-17-28-15-20-43(5)21-16-28)42-34-35-41-26-33(45(35)23-19-39-34)29-9-12-31(13-10-29)48-24-8-7-18-40-37(47)49-38(2,3)4/h9-14,19,23,25-26,28H,15-18,20-22,24H2,1-6H3,(H,39,42)(H,40,47). The van der Waals surface area contributed by atoms with Crippen LogP contribution < -0.4 is 15.4 Å². The lowest BCUT2D eigenvalue weighted by molar-refractivity contribution is 0.0534. The summed E-state index contributed by atoms with van der Waals surface area (Å²) in [7, 11) is 4.07. The van der Waals surface area contributed by atoms with Crippen molar-refractivity contribution in [2.24, 2.45) is 5.92 Å². The Labute approximate surface area is 289 Å². The molecule has 2 N–H and O–H groups in total. The topological polar surface area (TPSA) is 113 Å². The number of nitrogens with one attached hydrogen (secondary N) is 2. The fourth-order valence-corrected chi connectivity index (χ4v) is 5.76. The van der Waals surface area contributed by atoms with Gasteiger partial charge in [0.2, 0.25) is 0 Å². The monoisotopic (exact) mass is 665 g/mol. The third kappa shape index (κ3) is 9.74. The highest BCUT2D eigenvalue weighted by Gasteiger charge is 2.20. The lowest BCUT2D eigenvalue weighted by atomic mass is 9.93. The van der Waals surface area contributed by atoms with Crippen LogP contribution in [0.5, 0.6) is 5.75 Å². The maximum atomic E-state index is 13.3. The largest absolute Gasteiger partial charge is 0.481 e. The summed E-state index contributed by atoms with van der Waals surface area (Å²) in [6, 6.07) is 13.5. The second-order valence-electron chi connectivity index (χ2n) is 13.6. The van der Waals surface area contributed by atoms with Crippen molar-refractivity contribution in [3.8, 4) is 28.8 Å². The van der Waals surface area contributed by atoms with Crippen LogP contribution in [0.1, 0.15) is 56.0 Å². The van der Waals surface area contributed by atoms with Gasteiger partial charge in [-0.3, -0.25) is 9.20 Å². The molecule has 2 aromatic carbocycles. The fraction of sp³-hybridized carbons (Fsp3) is 0.421. The number of rotatable bonds is 10. The highest BCUT2D eigenvalue weighted by molar-refractivity contribution is 5.96. The molecule has 258 valence electrons. The van der Waals surface area contributed by atoms with Crippen molar-refractivity contribution in [2.45, 2.75) is 52.6 Å². The van der Waals surface area contributed by atoms with Crippen molar-refractivity contribution in [1.29, 1.82) is 0 Å². The normalized spacial score (nSPS) is 13.8. The molecule has 1 aliphatic heterocycles. The first-order valence-electron chi connectivity index (χ1n) is 16.8. The molecule has 4 aromatic rings. The molecule has 1 fully saturated rings. The predicted molar refractivity (Wildman–Crippen MR) is 192 cm³/mol. The number of imidazole rings is 1. The summed E-state index contributed by atoms with van der Waals surface area (Å²) in [6.07, 6.45) is 8.37. The number of anilines is 2. The molecule has 0 spiro atoms. The number of aromatic nitrogens is 3. The summed E-state index contributed by atoms with van der Waals surface area (Å²) in [5, 5.41) is 5.99. The molecule has 1 saturated heterocycles. The zero-order chi connectivity index (χ0) is 35.0. The Kier molecular flexibility index (Phi) is 11.4. The average molecular weight is 666 g/mol. The van der Waals surface area contributed by atoms with Crippen LogP contribution in [0.25, 0.3) is 16.9 Å². The average Bonchev–Trinajstić information content (AvgIpc) is 3.50. The van der Waals surface area contributed by atoms with Crippen LogP contribution in [-0.4, -0.2) is 88.7 Å². The first kappa shape index (κ1) is 35.2. The SMILES string of the molecule is Cc1cc(Nc2nccn3c(-c4ccc(OCC#CCNC(=O)OC(C)(C)C)cc4)cnc23)ccc1C(=O)N(C)CCC1CCN(C)CC1. The Morgan fingerprint density at radius 1 is 1.06 bits per heavy atom. The first-order chi connectivity index (χ1) is 23.5. The van der Waals surface area contributed by atoms with E-state index in [0.717, 1.165) is 48.6 Å². The number of alkyl carbamates (subject to hydrolysis) is 1. The molecule has 0 bridgehead atoms. The van der Waals surface area contributed by atoms with Gasteiger partial charge in [0, 0.05) is 42.8 Å². The number of amides is 2. The minimum atomic E-state index is -0.551. The minimum absolute atomic E-state index is 0.0482. The van der Waals surface area contributed by atoms with Crippen molar-refractivity contribution in [1.82, 2.24) is 29.5 Å². The van der Waals surface area contributed by atoms with E-state index in [1.807, 2.05) is 98.9 Å². The highest BCUT2D eigenvalue weighted by atomic mass is 16.6. The predicted octanol–water partition coefficient (Wildman–Crippen LogP) is 6.16. The van der Waals surface area contributed by atoms with Gasteiger partial charge in [-0.25, -0.2) is 14.8 Å². The number of aryl methyl sites for hydroxylation is 1. The Morgan fingerprint density at radius 3 is 2.53 bits per heavy atom. The molecule has 11 heteroatoms. The van der Waals surface area contributed by atoms with Gasteiger partial charge >= 0.3 is 6.09 Å². The van der Waals surface area contributed by atoms with E-state index in [-0.39, 0.29) is 19.1 Å². The lowest BCUT2D eigenvalue weighted by Gasteiger charge is -2.30. The van der Waals surface area contributed by atoms with Gasteiger partial charge in [-0.2, -0.15) is 0 Å². The number of hydrogen-bond acceptors (Lipinski definition) is 8. The smallest absolute Gasteiger partial charge is 0.408 e. The fourth-order valence-electron chi connectivity index (χ4n) is 5.76. The lowest BCUT2D eigenvalue weighted by Crippen LogP contribution is -2.33. The highest BCUT2D eigenvalue weighted by Crippen LogP contribution is 2.28. The maximum absolute atomic E-state index is 13.3. The van der Waals surface area contributed by atoms with Crippen LogP contribution in [0.3, 0.4) is 0 Å². The number of fused-ring (bicyclic) bond motifs is 1. The number of nitrogens with zero attached hydrogens (tertiary/aromatic N) is 5. The molecule has 11 nitrogen and oxygen atoms in total. The Balaban J connectivity index is 1.16. The van der Waals surface area contributed by atoms with Crippen LogP contribution in [-0.2, 0) is 4.74 Å². The Hall–Kier alpha value is -5.08. The van der Waals surface area contributed by atoms with Crippen molar-refractivity contribution < 1.29 is 19.1 Å². The number of piperidine rings is 1. The molecule has 2 amide bonds. The molecule has 3 heterocycles. The van der Waals surface area contributed by atoms with Crippen molar-refractivity contribution in [3.63, 3.8) is 0 Å². The van der Waals surface area contributed by atoms with Gasteiger partial charge in [0.15, 0.2) is 11.5 Å². The van der Waals surface area contributed by atoms with Gasteiger partial charge in [0.05, 0.1) is 18.4 Å². The van der Waals surface area contributed by atoms with E-state index < -0.39 is 11.7 Å². The van der Waals surface area contributed by atoms with Crippen LogP contribution in [0.2, 0.25) is 0 Å². The van der Waals surface area contributed by atoms with E-state index in [1.165, 1.54) is 12.8 Å². The van der Waals surface area contributed by atoms with Crippen molar-refractivity contribution in [2.75, 3.05) is 52.2 Å². The molecule has 0 radical (unpaired) electrons. The Bertz CT molecular complexity index is 1810. The third-order valence-electron chi connectivity index (χ3n) is 8.51. The van der Waals surface area contributed by atoms with E-state index in [4.69, 9.17) is 9.47 Å². The molecule has 0 atom stereocenters. The second kappa shape index (κ2) is 15.9. The molecule has 5 rings (SSSR count). The second-order valence-corrected chi connectivity index (χ2v) is 13.6. The van der Waals surface area contributed by atoms with Gasteiger partial charge in [-0.1, -0.05) is 11.8 Å². The zero-order valence-electron chi connectivity index (χ0n) is 29.4. The summed E-state index contributed by atoms with van der Waals surface area (Å²) in [6.45, 7) is 10.8. The van der Waals surface area contributed by atoms with Crippen molar-refractivity contribution >= 4 is 29.2 Å². The summed E-state index contributed by atoms with van der Waals surface area (Å²) < 4.78 is 12.9. The molecule has 2 aromatic heterocycles. The number of carbonyl (C=O) groups excluding carboxylic acids is 2. The molecule has 1 aliphatic rings.